The average molecular weight is 317 g/mol. The van der Waals surface area contributed by atoms with Crippen molar-refractivity contribution in [1.29, 1.82) is 0 Å². The Hall–Kier alpha value is -2.26. The normalized spacial score (nSPS) is 18.3. The molecule has 3 nitrogen and oxygen atoms in total. The summed E-state index contributed by atoms with van der Waals surface area (Å²) in [5.74, 6) is 0. The Kier molecular flexibility index (Phi) is 4.26. The molecule has 0 bridgehead atoms. The molecule has 1 atom stereocenters. The van der Waals surface area contributed by atoms with Crippen LogP contribution in [0.1, 0.15) is 25.3 Å². The van der Waals surface area contributed by atoms with Gasteiger partial charge < -0.3 is 4.90 Å². The maximum Gasteiger partial charge on any atom is 0.0710 e. The van der Waals surface area contributed by atoms with Crippen molar-refractivity contribution >= 4 is 10.9 Å². The summed E-state index contributed by atoms with van der Waals surface area (Å²) in [4.78, 5) is 11.5. The first-order valence-corrected chi connectivity index (χ1v) is 8.84. The summed E-state index contributed by atoms with van der Waals surface area (Å²) < 4.78 is 0. The lowest BCUT2D eigenvalue weighted by molar-refractivity contribution is 0.272. The molecule has 24 heavy (non-hydrogen) atoms. The number of likely N-dealkylation sites (tertiary alicyclic amines) is 1. The van der Waals surface area contributed by atoms with Gasteiger partial charge in [0.25, 0.3) is 0 Å². The van der Waals surface area contributed by atoms with Gasteiger partial charge in [-0.2, -0.15) is 0 Å². The smallest absolute Gasteiger partial charge is 0.0710 e. The minimum absolute atomic E-state index is 0.745. The van der Waals surface area contributed by atoms with Gasteiger partial charge in [0, 0.05) is 35.9 Å². The highest BCUT2D eigenvalue weighted by molar-refractivity contribution is 5.82. The average Bonchev–Trinajstić information content (AvgIpc) is 3.05. The molecular weight excluding hydrogens is 294 g/mol. The molecule has 3 heteroatoms. The zero-order chi connectivity index (χ0) is 16.4. The van der Waals surface area contributed by atoms with E-state index in [1.807, 2.05) is 24.5 Å². The second-order valence-electron chi connectivity index (χ2n) is 6.74. The molecule has 2 aromatic heterocycles. The van der Waals surface area contributed by atoms with Crippen LogP contribution in [0.3, 0.4) is 0 Å². The maximum absolute atomic E-state index is 4.80. The van der Waals surface area contributed by atoms with E-state index in [0.29, 0.717) is 0 Å². The van der Waals surface area contributed by atoms with Crippen molar-refractivity contribution in [3.63, 3.8) is 0 Å². The molecule has 3 aromatic rings. The van der Waals surface area contributed by atoms with Gasteiger partial charge >= 0.3 is 0 Å². The predicted octanol–water partition coefficient (Wildman–Crippen LogP) is 4.32. The lowest BCUT2D eigenvalue weighted by Crippen LogP contribution is -2.28. The second-order valence-corrected chi connectivity index (χ2v) is 6.74. The number of pyridine rings is 2. The highest BCUT2D eigenvalue weighted by atomic mass is 15.2. The van der Waals surface area contributed by atoms with Crippen molar-refractivity contribution in [2.24, 2.45) is 0 Å². The standard InChI is InChI=1S/C21H23N3/c1-16-3-2-13-24(16)14-10-17-4-6-21-19(15-17)5-7-20(23-21)18-8-11-22-12-9-18/h4-9,11-12,15-16H,2-3,10,13-14H2,1H3/t16-/m1/s1. The molecule has 4 rings (SSSR count). The molecule has 1 aliphatic heterocycles. The summed E-state index contributed by atoms with van der Waals surface area (Å²) in [6.45, 7) is 4.76. The van der Waals surface area contributed by atoms with E-state index in [0.717, 1.165) is 35.8 Å². The molecule has 0 aliphatic carbocycles. The van der Waals surface area contributed by atoms with E-state index in [4.69, 9.17) is 4.98 Å². The van der Waals surface area contributed by atoms with Gasteiger partial charge in [-0.1, -0.05) is 12.1 Å². The Morgan fingerprint density at radius 1 is 1.08 bits per heavy atom. The van der Waals surface area contributed by atoms with Gasteiger partial charge in [-0.25, -0.2) is 4.98 Å². The fourth-order valence-corrected chi connectivity index (χ4v) is 3.61. The van der Waals surface area contributed by atoms with E-state index >= 15 is 0 Å². The molecule has 0 radical (unpaired) electrons. The summed E-state index contributed by atoms with van der Waals surface area (Å²) in [5, 5.41) is 1.22. The second kappa shape index (κ2) is 6.70. The lowest BCUT2D eigenvalue weighted by atomic mass is 10.1. The van der Waals surface area contributed by atoms with Crippen LogP contribution in [0.4, 0.5) is 0 Å². The van der Waals surface area contributed by atoms with Crippen molar-refractivity contribution in [3.05, 3.63) is 60.4 Å². The van der Waals surface area contributed by atoms with E-state index < -0.39 is 0 Å². The molecule has 122 valence electrons. The summed E-state index contributed by atoms with van der Waals surface area (Å²) in [5.41, 5.74) is 4.57. The highest BCUT2D eigenvalue weighted by Crippen LogP contribution is 2.22. The SMILES string of the molecule is C[C@@H]1CCCN1CCc1ccc2nc(-c3ccncc3)ccc2c1. The Labute approximate surface area is 143 Å². The first kappa shape index (κ1) is 15.3. The van der Waals surface area contributed by atoms with Crippen LogP contribution in [0.5, 0.6) is 0 Å². The van der Waals surface area contributed by atoms with Crippen LogP contribution in [0.25, 0.3) is 22.2 Å². The highest BCUT2D eigenvalue weighted by Gasteiger charge is 2.19. The largest absolute Gasteiger partial charge is 0.300 e. The van der Waals surface area contributed by atoms with Gasteiger partial charge in [-0.05, 0) is 68.6 Å². The summed E-state index contributed by atoms with van der Waals surface area (Å²) in [7, 11) is 0. The summed E-state index contributed by atoms with van der Waals surface area (Å²) in [6, 6.07) is 15.7. The van der Waals surface area contributed by atoms with Crippen molar-refractivity contribution in [3.8, 4) is 11.3 Å². The van der Waals surface area contributed by atoms with Crippen LogP contribution in [-0.2, 0) is 6.42 Å². The molecule has 1 aromatic carbocycles. The molecule has 0 saturated carbocycles. The van der Waals surface area contributed by atoms with Crippen molar-refractivity contribution in [2.45, 2.75) is 32.2 Å². The van der Waals surface area contributed by atoms with Crippen LogP contribution in [-0.4, -0.2) is 34.0 Å². The van der Waals surface area contributed by atoms with E-state index in [1.54, 1.807) is 0 Å². The van der Waals surface area contributed by atoms with E-state index in [-0.39, 0.29) is 0 Å². The molecule has 0 N–H and O–H groups in total. The predicted molar refractivity (Wildman–Crippen MR) is 98.9 cm³/mol. The van der Waals surface area contributed by atoms with Gasteiger partial charge in [-0.15, -0.1) is 0 Å². The van der Waals surface area contributed by atoms with Crippen LogP contribution >= 0.6 is 0 Å². The lowest BCUT2D eigenvalue weighted by Gasteiger charge is -2.20. The molecule has 1 aliphatic rings. The third-order valence-corrected chi connectivity index (χ3v) is 5.11. The fraction of sp³-hybridized carbons (Fsp3) is 0.333. The molecule has 0 unspecified atom stereocenters. The van der Waals surface area contributed by atoms with Gasteiger partial charge in [-0.3, -0.25) is 4.98 Å². The number of hydrogen-bond donors (Lipinski definition) is 0. The maximum atomic E-state index is 4.80. The Morgan fingerprint density at radius 2 is 1.96 bits per heavy atom. The Bertz CT molecular complexity index is 829. The van der Waals surface area contributed by atoms with Crippen molar-refractivity contribution in [2.75, 3.05) is 13.1 Å². The number of fused-ring (bicyclic) bond motifs is 1. The van der Waals surface area contributed by atoms with E-state index in [9.17, 15) is 0 Å². The van der Waals surface area contributed by atoms with Crippen LogP contribution in [0.15, 0.2) is 54.9 Å². The quantitative estimate of drug-likeness (QED) is 0.717. The minimum atomic E-state index is 0.745. The third kappa shape index (κ3) is 3.17. The fourth-order valence-electron chi connectivity index (χ4n) is 3.61. The Balaban J connectivity index is 1.53. The van der Waals surface area contributed by atoms with Crippen molar-refractivity contribution in [1.82, 2.24) is 14.9 Å². The van der Waals surface area contributed by atoms with Gasteiger partial charge in [0.05, 0.1) is 11.2 Å². The summed E-state index contributed by atoms with van der Waals surface area (Å²) in [6.07, 6.45) is 7.43. The molecule has 1 saturated heterocycles. The van der Waals surface area contributed by atoms with Gasteiger partial charge in [0.1, 0.15) is 0 Å². The van der Waals surface area contributed by atoms with Crippen LogP contribution in [0.2, 0.25) is 0 Å². The van der Waals surface area contributed by atoms with Crippen molar-refractivity contribution < 1.29 is 0 Å². The first-order chi connectivity index (χ1) is 11.8. The number of hydrogen-bond acceptors (Lipinski definition) is 3. The third-order valence-electron chi connectivity index (χ3n) is 5.11. The summed E-state index contributed by atoms with van der Waals surface area (Å²) >= 11 is 0. The number of aromatic nitrogens is 2. The molecule has 3 heterocycles. The number of benzene rings is 1. The Morgan fingerprint density at radius 3 is 2.75 bits per heavy atom. The molecule has 0 spiro atoms. The monoisotopic (exact) mass is 317 g/mol. The zero-order valence-corrected chi connectivity index (χ0v) is 14.2. The topological polar surface area (TPSA) is 29.0 Å². The number of nitrogens with zero attached hydrogens (tertiary/aromatic N) is 3. The van der Waals surface area contributed by atoms with Gasteiger partial charge in [0.2, 0.25) is 0 Å². The molecular formula is C21H23N3. The van der Waals surface area contributed by atoms with Crippen LogP contribution in [0, 0.1) is 0 Å². The van der Waals surface area contributed by atoms with E-state index in [2.05, 4.69) is 47.1 Å². The molecule has 1 fully saturated rings. The zero-order valence-electron chi connectivity index (χ0n) is 14.2. The van der Waals surface area contributed by atoms with Crippen LogP contribution < -0.4 is 0 Å². The van der Waals surface area contributed by atoms with Gasteiger partial charge in [0.15, 0.2) is 0 Å². The van der Waals surface area contributed by atoms with E-state index in [1.165, 1.54) is 30.3 Å². The number of rotatable bonds is 4. The first-order valence-electron chi connectivity index (χ1n) is 8.84. The minimum Gasteiger partial charge on any atom is -0.300 e. The molecule has 0 amide bonds.